The molecule has 0 saturated heterocycles. The molecule has 34 heavy (non-hydrogen) atoms. The quantitative estimate of drug-likeness (QED) is 0.592. The number of fused-ring (bicyclic) bond motifs is 2. The maximum atomic E-state index is 13.4. The Balaban J connectivity index is 2.18. The van der Waals surface area contributed by atoms with E-state index < -0.39 is 10.8 Å². The van der Waals surface area contributed by atoms with E-state index in [1.54, 1.807) is 50.3 Å². The first kappa shape index (κ1) is 22.4. The smallest absolute Gasteiger partial charge is 0.192 e. The lowest BCUT2D eigenvalue weighted by molar-refractivity contribution is 0.101. The van der Waals surface area contributed by atoms with Gasteiger partial charge in [-0.2, -0.15) is 0 Å². The monoisotopic (exact) mass is 436 g/mol. The Morgan fingerprint density at radius 3 is 1.15 bits per heavy atom. The number of ketones is 2. The van der Waals surface area contributed by atoms with E-state index in [-0.39, 0.29) is 11.6 Å². The van der Waals surface area contributed by atoms with E-state index in [0.29, 0.717) is 33.4 Å². The van der Waals surface area contributed by atoms with E-state index in [2.05, 4.69) is 23.7 Å². The number of Topliss-reactive ketones (excluding diaryl/α,β-unsaturated/α-hetero) is 2. The highest BCUT2D eigenvalue weighted by Crippen LogP contribution is 2.45. The standard InChI is InChI=1S/C32H20O2/c1-7-31(5,8-2)27-19-25(21-15-11-13-17-23(21)29(27)33)26-20-28(32(6,9-3)10-4)30(34)24-18-14-12-16-22(24)26/h1-4,11-20H,5-6H3/b26-25-. The molecule has 0 fully saturated rings. The van der Waals surface area contributed by atoms with Gasteiger partial charge in [-0.25, -0.2) is 0 Å². The minimum atomic E-state index is -1.21. The van der Waals surface area contributed by atoms with Gasteiger partial charge in [-0.3, -0.25) is 9.59 Å². The van der Waals surface area contributed by atoms with Crippen molar-refractivity contribution in [3.8, 4) is 49.4 Å². The summed E-state index contributed by atoms with van der Waals surface area (Å²) in [6.45, 7) is 3.33. The molecule has 0 unspecified atom stereocenters. The minimum Gasteiger partial charge on any atom is -0.289 e. The van der Waals surface area contributed by atoms with Crippen LogP contribution in [0.25, 0.3) is 11.1 Å². The van der Waals surface area contributed by atoms with E-state index in [4.69, 9.17) is 25.7 Å². The molecule has 0 aromatic heterocycles. The molecule has 0 atom stereocenters. The Labute approximate surface area is 200 Å². The zero-order valence-corrected chi connectivity index (χ0v) is 18.9. The Morgan fingerprint density at radius 1 is 0.559 bits per heavy atom. The summed E-state index contributed by atoms with van der Waals surface area (Å²) in [7, 11) is 0. The Bertz CT molecular complexity index is 1400. The van der Waals surface area contributed by atoms with Gasteiger partial charge in [0.1, 0.15) is 10.8 Å². The summed E-state index contributed by atoms with van der Waals surface area (Å²) in [5.41, 5.74) is 2.06. The molecule has 2 heteroatoms. The van der Waals surface area contributed by atoms with Gasteiger partial charge < -0.3 is 0 Å². The molecule has 2 nitrogen and oxygen atoms in total. The average Bonchev–Trinajstić information content (AvgIpc) is 2.89. The second kappa shape index (κ2) is 7.98. The summed E-state index contributed by atoms with van der Waals surface area (Å²) < 4.78 is 0. The summed E-state index contributed by atoms with van der Waals surface area (Å²) in [5, 5.41) is 0. The first-order chi connectivity index (χ1) is 16.2. The van der Waals surface area contributed by atoms with Crippen molar-refractivity contribution < 1.29 is 9.59 Å². The van der Waals surface area contributed by atoms with Crippen LogP contribution >= 0.6 is 0 Å². The molecule has 160 valence electrons. The maximum absolute atomic E-state index is 13.4. The van der Waals surface area contributed by atoms with E-state index in [1.165, 1.54) is 0 Å². The van der Waals surface area contributed by atoms with E-state index >= 15 is 0 Å². The molecule has 2 aromatic carbocycles. The van der Waals surface area contributed by atoms with Crippen LogP contribution in [-0.4, -0.2) is 11.6 Å². The van der Waals surface area contributed by atoms with Crippen LogP contribution in [0, 0.1) is 60.2 Å². The average molecular weight is 437 g/mol. The van der Waals surface area contributed by atoms with Gasteiger partial charge in [-0.1, -0.05) is 72.2 Å². The van der Waals surface area contributed by atoms with Crippen molar-refractivity contribution in [2.45, 2.75) is 13.8 Å². The Kier molecular flexibility index (Phi) is 5.27. The molecule has 0 radical (unpaired) electrons. The van der Waals surface area contributed by atoms with E-state index in [9.17, 15) is 9.59 Å². The molecule has 2 aromatic rings. The normalized spacial score (nSPS) is 17.1. The number of allylic oxidation sites excluding steroid dienone is 6. The van der Waals surface area contributed by atoms with E-state index in [1.807, 2.05) is 24.3 Å². The highest BCUT2D eigenvalue weighted by Gasteiger charge is 2.38. The molecule has 0 spiro atoms. The molecule has 0 heterocycles. The molecular weight excluding hydrogens is 416 g/mol. The van der Waals surface area contributed by atoms with Crippen molar-refractivity contribution in [3.63, 3.8) is 0 Å². The van der Waals surface area contributed by atoms with Gasteiger partial charge in [0, 0.05) is 22.3 Å². The molecular formula is C32H20O2. The summed E-state index contributed by atoms with van der Waals surface area (Å²) >= 11 is 0. The van der Waals surface area contributed by atoms with Gasteiger partial charge in [0.2, 0.25) is 0 Å². The maximum Gasteiger partial charge on any atom is 0.192 e. The number of hydrogen-bond donors (Lipinski definition) is 0. The van der Waals surface area contributed by atoms with Crippen molar-refractivity contribution in [2.75, 3.05) is 0 Å². The predicted octanol–water partition coefficient (Wildman–Crippen LogP) is 5.39. The number of rotatable bonds is 2. The third-order valence-corrected chi connectivity index (χ3v) is 6.51. The van der Waals surface area contributed by atoms with Crippen LogP contribution in [0.15, 0.2) is 71.8 Å². The van der Waals surface area contributed by atoms with Gasteiger partial charge >= 0.3 is 0 Å². The minimum absolute atomic E-state index is 0.222. The zero-order chi connectivity index (χ0) is 24.7. The molecule has 4 rings (SSSR count). The first-order valence-electron chi connectivity index (χ1n) is 10.6. The zero-order valence-electron chi connectivity index (χ0n) is 18.9. The molecule has 0 amide bonds. The highest BCUT2D eigenvalue weighted by atomic mass is 16.1. The molecule has 0 aliphatic heterocycles. The largest absolute Gasteiger partial charge is 0.289 e. The van der Waals surface area contributed by atoms with Crippen molar-refractivity contribution in [1.82, 2.24) is 0 Å². The second-order valence-electron chi connectivity index (χ2n) is 8.52. The fourth-order valence-electron chi connectivity index (χ4n) is 4.28. The number of benzene rings is 2. The third-order valence-electron chi connectivity index (χ3n) is 6.51. The number of carbonyl (C=O) groups excluding carboxylic acids is 2. The van der Waals surface area contributed by atoms with Crippen molar-refractivity contribution in [2.24, 2.45) is 10.8 Å². The lowest BCUT2D eigenvalue weighted by Crippen LogP contribution is -2.27. The van der Waals surface area contributed by atoms with Crippen LogP contribution in [0.5, 0.6) is 0 Å². The van der Waals surface area contributed by atoms with Crippen molar-refractivity contribution in [1.29, 1.82) is 0 Å². The summed E-state index contributed by atoms with van der Waals surface area (Å²) in [4.78, 5) is 26.8. The number of hydrogen-bond acceptors (Lipinski definition) is 2. The number of carbonyl (C=O) groups is 2. The molecule has 0 bridgehead atoms. The molecule has 2 aliphatic carbocycles. The van der Waals surface area contributed by atoms with Crippen LogP contribution in [0.4, 0.5) is 0 Å². The summed E-state index contributed by atoms with van der Waals surface area (Å²) in [6.07, 6.45) is 26.5. The van der Waals surface area contributed by atoms with Gasteiger partial charge in [0.05, 0.1) is 0 Å². The third kappa shape index (κ3) is 3.14. The Hall–Kier alpha value is -4.76. The second-order valence-corrected chi connectivity index (χ2v) is 8.52. The van der Waals surface area contributed by atoms with Crippen LogP contribution in [-0.2, 0) is 0 Å². The van der Waals surface area contributed by atoms with Crippen LogP contribution in [0.2, 0.25) is 0 Å². The summed E-state index contributed by atoms with van der Waals surface area (Å²) in [5.74, 6) is 9.91. The van der Waals surface area contributed by atoms with Crippen LogP contribution < -0.4 is 0 Å². The van der Waals surface area contributed by atoms with Crippen molar-refractivity contribution >= 4 is 22.7 Å². The fourth-order valence-corrected chi connectivity index (χ4v) is 4.28. The molecule has 0 N–H and O–H groups in total. The topological polar surface area (TPSA) is 34.1 Å². The summed E-state index contributed by atoms with van der Waals surface area (Å²) in [6, 6.07) is 14.5. The van der Waals surface area contributed by atoms with Gasteiger partial charge in [-0.05, 0) is 48.3 Å². The van der Waals surface area contributed by atoms with Gasteiger partial charge in [0.25, 0.3) is 0 Å². The lowest BCUT2D eigenvalue weighted by Gasteiger charge is -2.30. The van der Waals surface area contributed by atoms with Gasteiger partial charge in [-0.15, -0.1) is 25.7 Å². The lowest BCUT2D eigenvalue weighted by atomic mass is 9.70. The van der Waals surface area contributed by atoms with Crippen molar-refractivity contribution in [3.05, 3.63) is 94.1 Å². The molecule has 0 saturated carbocycles. The Morgan fingerprint density at radius 2 is 0.853 bits per heavy atom. The predicted molar refractivity (Wildman–Crippen MR) is 136 cm³/mol. The van der Waals surface area contributed by atoms with Crippen LogP contribution in [0.3, 0.4) is 0 Å². The molecule has 2 aliphatic rings. The van der Waals surface area contributed by atoms with E-state index in [0.717, 1.165) is 11.1 Å². The van der Waals surface area contributed by atoms with Gasteiger partial charge in [0.15, 0.2) is 11.6 Å². The van der Waals surface area contributed by atoms with Crippen LogP contribution in [0.1, 0.15) is 45.7 Å². The number of terminal acetylenes is 4. The first-order valence-corrected chi connectivity index (χ1v) is 10.6. The SMILES string of the molecule is C#CC(C)(C#C)C1=C/C(=C2\C=C(C(C)(C#C)C#C)C(=O)c3ccccc32)c2ccccc2C1=O. The highest BCUT2D eigenvalue weighted by molar-refractivity contribution is 6.24. The fraction of sp³-hybridized carbons (Fsp3) is 0.125.